The van der Waals surface area contributed by atoms with E-state index in [1.54, 1.807) is 24.3 Å². The number of hydrogen-bond donors (Lipinski definition) is 4. The van der Waals surface area contributed by atoms with E-state index in [2.05, 4.69) is 20.6 Å². The summed E-state index contributed by atoms with van der Waals surface area (Å²) in [6.07, 6.45) is -1.34. The lowest BCUT2D eigenvalue weighted by atomic mass is 9.98. The van der Waals surface area contributed by atoms with Crippen molar-refractivity contribution in [1.82, 2.24) is 30.0 Å². The Hall–Kier alpha value is -6.54. The molecule has 18 heteroatoms. The average Bonchev–Trinajstić information content (AvgIpc) is 3.97. The van der Waals surface area contributed by atoms with Gasteiger partial charge < -0.3 is 48.8 Å². The van der Waals surface area contributed by atoms with Crippen LogP contribution in [0.1, 0.15) is 45.7 Å². The summed E-state index contributed by atoms with van der Waals surface area (Å²) in [7, 11) is 1.47. The van der Waals surface area contributed by atoms with Gasteiger partial charge in [-0.25, -0.2) is 19.0 Å². The first kappa shape index (κ1) is 44.5. The molecule has 1 fully saturated rings. The lowest BCUT2D eigenvalue weighted by Crippen LogP contribution is -2.61. The summed E-state index contributed by atoms with van der Waals surface area (Å²) in [6, 6.07) is 29.5. The van der Waals surface area contributed by atoms with Crippen LogP contribution in [0, 0.1) is 0 Å². The van der Waals surface area contributed by atoms with Gasteiger partial charge in [0.25, 0.3) is 0 Å². The predicted molar refractivity (Wildman–Crippen MR) is 221 cm³/mol. The van der Waals surface area contributed by atoms with Gasteiger partial charge >= 0.3 is 11.9 Å². The van der Waals surface area contributed by atoms with Gasteiger partial charge in [-0.15, -0.1) is 10.2 Å². The predicted octanol–water partition coefficient (Wildman–Crippen LogP) is 4.66. The summed E-state index contributed by atoms with van der Waals surface area (Å²) in [5.41, 5.74) is 3.83. The van der Waals surface area contributed by atoms with E-state index in [4.69, 9.17) is 28.4 Å². The molecule has 63 heavy (non-hydrogen) atoms. The summed E-state index contributed by atoms with van der Waals surface area (Å²) in [6.45, 7) is 0.248. The normalized spacial score (nSPS) is 19.7. The largest absolute Gasteiger partial charge is 0.508 e. The van der Waals surface area contributed by atoms with Crippen LogP contribution < -0.4 is 0 Å². The minimum absolute atomic E-state index is 0.0630. The molecule has 1 aliphatic rings. The SMILES string of the molecule is CO[C@H]1O[C@H](COCc2ccccc2)[C@@H](OCc2ccccc2)[C@H](OCc2cn([C@@H](Cc3ccc(O)cc3)C(=O)O)nn2)[C@H]1OCc1cn([C@@H](Cc2ccc(O)cc2)C(=O)O)nn1. The molecule has 0 bridgehead atoms. The molecule has 1 saturated heterocycles. The zero-order valence-electron chi connectivity index (χ0n) is 34.3. The number of aromatic nitrogens is 6. The molecular weight excluding hydrogens is 817 g/mol. The summed E-state index contributed by atoms with van der Waals surface area (Å²) in [4.78, 5) is 24.8. The molecule has 18 nitrogen and oxygen atoms in total. The molecule has 6 aromatic rings. The molecule has 7 atom stereocenters. The zero-order chi connectivity index (χ0) is 44.1. The van der Waals surface area contributed by atoms with Crippen molar-refractivity contribution in [2.45, 2.75) is 82.1 Å². The number of carboxylic acid groups (broad SMARTS) is 2. The van der Waals surface area contributed by atoms with E-state index >= 15 is 0 Å². The summed E-state index contributed by atoms with van der Waals surface area (Å²) in [5, 5.41) is 56.3. The van der Waals surface area contributed by atoms with Gasteiger partial charge in [0.05, 0.1) is 45.4 Å². The monoisotopic (exact) mass is 864 g/mol. The number of methoxy groups -OCH3 is 1. The molecule has 0 unspecified atom stereocenters. The van der Waals surface area contributed by atoms with E-state index < -0.39 is 54.7 Å². The van der Waals surface area contributed by atoms with Crippen LogP contribution in [0.15, 0.2) is 122 Å². The number of aromatic hydroxyl groups is 2. The Balaban J connectivity index is 1.14. The van der Waals surface area contributed by atoms with Gasteiger partial charge in [0.15, 0.2) is 18.4 Å². The molecule has 0 spiro atoms. The third-order valence-corrected chi connectivity index (χ3v) is 10.4. The van der Waals surface area contributed by atoms with E-state index in [-0.39, 0.29) is 50.8 Å². The number of carboxylic acids is 2. The molecule has 4 N–H and O–H groups in total. The Morgan fingerprint density at radius 3 is 1.54 bits per heavy atom. The molecule has 0 amide bonds. The Kier molecular flexibility index (Phi) is 15.2. The van der Waals surface area contributed by atoms with Crippen molar-refractivity contribution in [2.75, 3.05) is 13.7 Å². The van der Waals surface area contributed by atoms with Crippen LogP contribution in [-0.2, 0) is 77.3 Å². The molecular formula is C45H48N6O12. The number of carbonyl (C=O) groups is 2. The van der Waals surface area contributed by atoms with E-state index in [0.717, 1.165) is 11.1 Å². The molecule has 330 valence electrons. The average molecular weight is 865 g/mol. The summed E-state index contributed by atoms with van der Waals surface area (Å²) in [5.74, 6) is -2.12. The lowest BCUT2D eigenvalue weighted by Gasteiger charge is -2.45. The highest BCUT2D eigenvalue weighted by Crippen LogP contribution is 2.31. The first-order valence-electron chi connectivity index (χ1n) is 20.1. The van der Waals surface area contributed by atoms with Crippen LogP contribution in [-0.4, -0.2) is 107 Å². The Bertz CT molecular complexity index is 2350. The van der Waals surface area contributed by atoms with Gasteiger partial charge in [0, 0.05) is 20.0 Å². The quantitative estimate of drug-likeness (QED) is 0.0727. The first-order chi connectivity index (χ1) is 30.6. The molecule has 0 aliphatic carbocycles. The highest BCUT2D eigenvalue weighted by atomic mass is 16.7. The number of phenolic OH excluding ortho intramolecular Hbond substituents is 2. The fourth-order valence-corrected chi connectivity index (χ4v) is 7.13. The van der Waals surface area contributed by atoms with Crippen LogP contribution in [0.4, 0.5) is 0 Å². The second kappa shape index (κ2) is 21.5. The standard InChI is InChI=1S/C45H48N6O12/c1-58-45-42(62-27-34-23-51(49-47-34)38(44(56)57)21-30-14-18-36(53)19-15-30)41(61-26-33-22-50(48-46-33)37(43(54)55)20-29-12-16-35(52)17-13-29)40(60-25-32-10-6-3-7-11-32)39(63-45)28-59-24-31-8-4-2-5-9-31/h2-19,22-23,37-42,45,52-53H,20-21,24-28H2,1H3,(H,54,55)(H,56,57)/t37-,38-,39+,40+,41-,42+,45-/m0/s1. The summed E-state index contributed by atoms with van der Waals surface area (Å²) < 4.78 is 40.8. The zero-order valence-corrected chi connectivity index (χ0v) is 34.3. The topological polar surface area (TPSA) is 232 Å². The van der Waals surface area contributed by atoms with Crippen molar-refractivity contribution in [3.8, 4) is 11.5 Å². The molecule has 4 aromatic carbocycles. The molecule has 7 rings (SSSR count). The Labute approximate surface area is 362 Å². The van der Waals surface area contributed by atoms with Crippen molar-refractivity contribution in [1.29, 1.82) is 0 Å². The highest BCUT2D eigenvalue weighted by Gasteiger charge is 2.49. The van der Waals surface area contributed by atoms with E-state index in [0.29, 0.717) is 29.1 Å². The van der Waals surface area contributed by atoms with Gasteiger partial charge in [-0.1, -0.05) is 95.4 Å². The maximum Gasteiger partial charge on any atom is 0.328 e. The second-order valence-electron chi connectivity index (χ2n) is 14.9. The third-order valence-electron chi connectivity index (χ3n) is 10.4. The molecule has 0 radical (unpaired) electrons. The summed E-state index contributed by atoms with van der Waals surface area (Å²) >= 11 is 0. The van der Waals surface area contributed by atoms with E-state index in [1.165, 1.54) is 53.1 Å². The molecule has 1 aliphatic heterocycles. The van der Waals surface area contributed by atoms with Gasteiger partial charge in [0.1, 0.15) is 47.3 Å². The van der Waals surface area contributed by atoms with Crippen LogP contribution >= 0.6 is 0 Å². The van der Waals surface area contributed by atoms with Crippen LogP contribution in [0.2, 0.25) is 0 Å². The number of ether oxygens (including phenoxy) is 6. The molecule has 0 saturated carbocycles. The Morgan fingerprint density at radius 2 is 1.06 bits per heavy atom. The van der Waals surface area contributed by atoms with Crippen molar-refractivity contribution in [3.63, 3.8) is 0 Å². The first-order valence-corrected chi connectivity index (χ1v) is 20.1. The Morgan fingerprint density at radius 1 is 0.603 bits per heavy atom. The maximum absolute atomic E-state index is 12.4. The number of nitrogens with zero attached hydrogens (tertiary/aromatic N) is 6. The van der Waals surface area contributed by atoms with Crippen molar-refractivity contribution in [2.24, 2.45) is 0 Å². The minimum atomic E-state index is -1.13. The number of rotatable bonds is 22. The van der Waals surface area contributed by atoms with Crippen LogP contribution in [0.25, 0.3) is 0 Å². The van der Waals surface area contributed by atoms with E-state index in [9.17, 15) is 30.0 Å². The van der Waals surface area contributed by atoms with Gasteiger partial charge in [0.2, 0.25) is 0 Å². The number of hydrogen-bond acceptors (Lipinski definition) is 14. The lowest BCUT2D eigenvalue weighted by molar-refractivity contribution is -0.323. The fourth-order valence-electron chi connectivity index (χ4n) is 7.13. The third kappa shape index (κ3) is 12.1. The van der Waals surface area contributed by atoms with Gasteiger partial charge in [-0.05, 0) is 46.5 Å². The molecule has 3 heterocycles. The van der Waals surface area contributed by atoms with Gasteiger partial charge in [-0.2, -0.15) is 0 Å². The maximum atomic E-state index is 12.4. The highest BCUT2D eigenvalue weighted by molar-refractivity contribution is 5.72. The second-order valence-corrected chi connectivity index (χ2v) is 14.9. The van der Waals surface area contributed by atoms with Crippen LogP contribution in [0.5, 0.6) is 11.5 Å². The number of benzene rings is 4. The van der Waals surface area contributed by atoms with Crippen molar-refractivity contribution in [3.05, 3.63) is 155 Å². The number of aliphatic carboxylic acids is 2. The minimum Gasteiger partial charge on any atom is -0.508 e. The van der Waals surface area contributed by atoms with Crippen LogP contribution in [0.3, 0.4) is 0 Å². The number of phenols is 2. The smallest absolute Gasteiger partial charge is 0.328 e. The van der Waals surface area contributed by atoms with Crippen molar-refractivity contribution >= 4 is 11.9 Å². The molecule has 2 aromatic heterocycles. The van der Waals surface area contributed by atoms with Crippen molar-refractivity contribution < 1.29 is 58.4 Å². The van der Waals surface area contributed by atoms with E-state index in [1.807, 2.05) is 60.7 Å². The van der Waals surface area contributed by atoms with Gasteiger partial charge in [-0.3, -0.25) is 0 Å². The fraction of sp³-hybridized carbons (Fsp3) is 0.333.